The number of hydrogen-bond donors (Lipinski definition) is 1. The first-order valence-electron chi connectivity index (χ1n) is 3.82. The Labute approximate surface area is 75.0 Å². The molecular weight excluding hydrogens is 166 g/mol. The highest BCUT2D eigenvalue weighted by Gasteiger charge is 2.04. The van der Waals surface area contributed by atoms with Gasteiger partial charge in [0.15, 0.2) is 6.33 Å². The van der Waals surface area contributed by atoms with E-state index < -0.39 is 5.91 Å². The number of amides is 1. The number of fused-ring (bicyclic) bond motifs is 1. The maximum atomic E-state index is 10.8. The number of hydrogen-bond acceptors (Lipinski definition) is 2. The van der Waals surface area contributed by atoms with Gasteiger partial charge >= 0.3 is 0 Å². The summed E-state index contributed by atoms with van der Waals surface area (Å²) in [4.78, 5) is 14.8. The summed E-state index contributed by atoms with van der Waals surface area (Å²) in [5.74, 6) is -0.437. The Bertz CT molecular complexity index is 473. The first kappa shape index (κ1) is 7.79. The highest BCUT2D eigenvalue weighted by molar-refractivity contribution is 5.96. The molecule has 2 rings (SSSR count). The van der Waals surface area contributed by atoms with E-state index in [0.717, 1.165) is 11.0 Å². The van der Waals surface area contributed by atoms with Crippen LogP contribution in [-0.2, 0) is 7.05 Å². The zero-order valence-electron chi connectivity index (χ0n) is 7.11. The van der Waals surface area contributed by atoms with Crippen LogP contribution in [0.1, 0.15) is 10.4 Å². The van der Waals surface area contributed by atoms with Gasteiger partial charge in [-0.2, -0.15) is 0 Å². The van der Waals surface area contributed by atoms with Gasteiger partial charge in [0.2, 0.25) is 5.91 Å². The van der Waals surface area contributed by atoms with Gasteiger partial charge in [-0.15, -0.1) is 0 Å². The molecule has 0 saturated carbocycles. The monoisotopic (exact) mass is 174 g/mol. The minimum absolute atomic E-state index is 0.437. The number of nitrogens with two attached hydrogens (primary N) is 1. The van der Waals surface area contributed by atoms with Crippen molar-refractivity contribution >= 4 is 16.9 Å². The Morgan fingerprint density at radius 3 is 3.08 bits per heavy atom. The molecule has 4 heteroatoms. The first-order chi connectivity index (χ1) is 6.18. The molecule has 0 saturated heterocycles. The maximum absolute atomic E-state index is 10.8. The fourth-order valence-corrected chi connectivity index (χ4v) is 1.23. The van der Waals surface area contributed by atoms with Crippen molar-refractivity contribution in [2.75, 3.05) is 0 Å². The fraction of sp³-hybridized carbons (Fsp3) is 0.111. The summed E-state index contributed by atoms with van der Waals surface area (Å²) in [6.45, 7) is 0. The van der Waals surface area contributed by atoms with Crippen molar-refractivity contribution in [3.05, 3.63) is 30.1 Å². The molecule has 13 heavy (non-hydrogen) atoms. The van der Waals surface area contributed by atoms with Gasteiger partial charge in [-0.05, 0) is 18.2 Å². The first-order valence-corrected chi connectivity index (χ1v) is 3.82. The quantitative estimate of drug-likeness (QED) is 0.683. The molecule has 1 aromatic carbocycles. The molecule has 0 aliphatic rings. The van der Waals surface area contributed by atoms with Crippen LogP contribution in [0.3, 0.4) is 0 Å². The normalized spacial score (nSPS) is 10.5. The lowest BCUT2D eigenvalue weighted by Crippen LogP contribution is -2.10. The second kappa shape index (κ2) is 2.58. The van der Waals surface area contributed by atoms with E-state index in [0.29, 0.717) is 5.56 Å². The molecule has 1 heterocycles. The Hall–Kier alpha value is -1.84. The maximum Gasteiger partial charge on any atom is 0.248 e. The van der Waals surface area contributed by atoms with Crippen LogP contribution in [-0.4, -0.2) is 15.5 Å². The summed E-state index contributed by atoms with van der Waals surface area (Å²) >= 11 is 0. The van der Waals surface area contributed by atoms with Crippen LogP contribution in [0, 0.1) is 6.33 Å². The van der Waals surface area contributed by atoms with E-state index in [1.807, 2.05) is 7.05 Å². The number of benzene rings is 1. The molecule has 0 bridgehead atoms. The molecule has 0 fully saturated rings. The van der Waals surface area contributed by atoms with Crippen LogP contribution in [0.25, 0.3) is 11.0 Å². The number of aromatic nitrogens is 2. The van der Waals surface area contributed by atoms with E-state index >= 15 is 0 Å². The lowest BCUT2D eigenvalue weighted by atomic mass is 10.2. The van der Waals surface area contributed by atoms with Crippen molar-refractivity contribution in [1.82, 2.24) is 9.55 Å². The summed E-state index contributed by atoms with van der Waals surface area (Å²) < 4.78 is 1.76. The molecule has 1 amide bonds. The Kier molecular flexibility index (Phi) is 1.55. The largest absolute Gasteiger partial charge is 0.366 e. The van der Waals surface area contributed by atoms with Gasteiger partial charge in [-0.1, -0.05) is 0 Å². The number of carbonyl (C=O) groups is 1. The predicted octanol–water partition coefficient (Wildman–Crippen LogP) is 0.472. The van der Waals surface area contributed by atoms with Crippen molar-refractivity contribution in [3.8, 4) is 0 Å². The van der Waals surface area contributed by atoms with Gasteiger partial charge in [0.25, 0.3) is 0 Å². The van der Waals surface area contributed by atoms with Crippen LogP contribution in [0.2, 0.25) is 0 Å². The van der Waals surface area contributed by atoms with Crippen LogP contribution >= 0.6 is 0 Å². The van der Waals surface area contributed by atoms with Gasteiger partial charge < -0.3 is 10.3 Å². The Morgan fingerprint density at radius 2 is 2.38 bits per heavy atom. The Morgan fingerprint density at radius 1 is 1.62 bits per heavy atom. The number of nitrogens with zero attached hydrogens (tertiary/aromatic N) is 2. The lowest BCUT2D eigenvalue weighted by molar-refractivity contribution is 0.100. The third kappa shape index (κ3) is 1.16. The predicted molar refractivity (Wildman–Crippen MR) is 48.1 cm³/mol. The summed E-state index contributed by atoms with van der Waals surface area (Å²) in [7, 11) is 1.85. The molecule has 1 radical (unpaired) electrons. The highest BCUT2D eigenvalue weighted by Crippen LogP contribution is 2.12. The minimum Gasteiger partial charge on any atom is -0.366 e. The van der Waals surface area contributed by atoms with Gasteiger partial charge in [0, 0.05) is 12.6 Å². The zero-order valence-corrected chi connectivity index (χ0v) is 7.11. The third-order valence-electron chi connectivity index (χ3n) is 1.94. The third-order valence-corrected chi connectivity index (χ3v) is 1.94. The summed E-state index contributed by atoms with van der Waals surface area (Å²) in [5.41, 5.74) is 7.27. The van der Waals surface area contributed by atoms with Crippen LogP contribution in [0.4, 0.5) is 0 Å². The molecule has 1 aromatic heterocycles. The molecule has 65 valence electrons. The minimum atomic E-state index is -0.437. The molecular formula is C9H8N3O. The van der Waals surface area contributed by atoms with Crippen LogP contribution in [0.15, 0.2) is 18.2 Å². The SMILES string of the molecule is Cn1[c]nc2cc(C(N)=O)ccc21. The smallest absolute Gasteiger partial charge is 0.248 e. The van der Waals surface area contributed by atoms with E-state index in [1.165, 1.54) is 0 Å². The van der Waals surface area contributed by atoms with E-state index in [-0.39, 0.29) is 0 Å². The van der Waals surface area contributed by atoms with E-state index in [4.69, 9.17) is 5.73 Å². The second-order valence-electron chi connectivity index (χ2n) is 2.84. The van der Waals surface area contributed by atoms with Crippen molar-refractivity contribution in [2.45, 2.75) is 0 Å². The molecule has 0 aliphatic carbocycles. The number of carbonyl (C=O) groups excluding carboxylic acids is 1. The van der Waals surface area contributed by atoms with E-state index in [2.05, 4.69) is 11.3 Å². The standard InChI is InChI=1S/C9H8N3O/c1-12-5-11-7-4-6(9(10)13)2-3-8(7)12/h2-4H,1H3,(H2,10,13). The van der Waals surface area contributed by atoms with Crippen molar-refractivity contribution in [1.29, 1.82) is 0 Å². The van der Waals surface area contributed by atoms with Gasteiger partial charge in [0.05, 0.1) is 11.0 Å². The summed E-state index contributed by atoms with van der Waals surface area (Å²) in [5, 5.41) is 0. The summed E-state index contributed by atoms with van der Waals surface area (Å²) in [6.07, 6.45) is 2.76. The van der Waals surface area contributed by atoms with E-state index in [9.17, 15) is 4.79 Å². The summed E-state index contributed by atoms with van der Waals surface area (Å²) in [6, 6.07) is 5.15. The van der Waals surface area contributed by atoms with Crippen molar-refractivity contribution in [3.63, 3.8) is 0 Å². The number of imidazole rings is 1. The lowest BCUT2D eigenvalue weighted by Gasteiger charge is -1.95. The molecule has 4 nitrogen and oxygen atoms in total. The van der Waals surface area contributed by atoms with Crippen LogP contribution < -0.4 is 5.73 Å². The number of aryl methyl sites for hydroxylation is 1. The average Bonchev–Trinajstić information content (AvgIpc) is 2.47. The van der Waals surface area contributed by atoms with Gasteiger partial charge in [-0.3, -0.25) is 4.79 Å². The van der Waals surface area contributed by atoms with Gasteiger partial charge in [0.1, 0.15) is 0 Å². The van der Waals surface area contributed by atoms with E-state index in [1.54, 1.807) is 22.8 Å². The highest BCUT2D eigenvalue weighted by atomic mass is 16.1. The second-order valence-corrected chi connectivity index (χ2v) is 2.84. The Balaban J connectivity index is 2.70. The molecule has 0 atom stereocenters. The molecule has 2 aromatic rings. The molecule has 0 aliphatic heterocycles. The van der Waals surface area contributed by atoms with Crippen LogP contribution in [0.5, 0.6) is 0 Å². The number of rotatable bonds is 1. The molecule has 2 N–H and O–H groups in total. The fourth-order valence-electron chi connectivity index (χ4n) is 1.23. The zero-order chi connectivity index (χ0) is 9.42. The number of primary amides is 1. The molecule has 0 unspecified atom stereocenters. The molecule has 0 spiro atoms. The topological polar surface area (TPSA) is 60.9 Å². The van der Waals surface area contributed by atoms with Crippen molar-refractivity contribution < 1.29 is 4.79 Å². The van der Waals surface area contributed by atoms with Crippen molar-refractivity contribution in [2.24, 2.45) is 12.8 Å². The average molecular weight is 174 g/mol. The van der Waals surface area contributed by atoms with Gasteiger partial charge in [-0.25, -0.2) is 4.98 Å².